The van der Waals surface area contributed by atoms with Crippen LogP contribution in [0.1, 0.15) is 33.6 Å². The largest absolute Gasteiger partial charge is 0.466 e. The minimum atomic E-state index is -0.492. The number of urea groups is 1. The molecular weight excluding hydrogens is 274 g/mol. The molecule has 0 radical (unpaired) electrons. The maximum absolute atomic E-state index is 12.0. The van der Waals surface area contributed by atoms with Gasteiger partial charge in [-0.15, -0.1) is 0 Å². The van der Waals surface area contributed by atoms with Gasteiger partial charge < -0.3 is 10.1 Å². The number of esters is 1. The maximum Gasteiger partial charge on any atom is 0.321 e. The van der Waals surface area contributed by atoms with Gasteiger partial charge in [0, 0.05) is 13.1 Å². The highest BCUT2D eigenvalue weighted by Crippen LogP contribution is 2.19. The van der Waals surface area contributed by atoms with Crippen LogP contribution in [0.3, 0.4) is 0 Å². The van der Waals surface area contributed by atoms with Crippen molar-refractivity contribution in [2.45, 2.75) is 39.7 Å². The Bertz CT molecular complexity index is 386. The van der Waals surface area contributed by atoms with E-state index in [1.165, 1.54) is 0 Å². The van der Waals surface area contributed by atoms with Crippen molar-refractivity contribution < 1.29 is 19.1 Å². The topological polar surface area (TPSA) is 87.7 Å². The predicted octanol–water partition coefficient (Wildman–Crippen LogP) is 0.496. The number of nitrogens with zero attached hydrogens (tertiary/aromatic N) is 1. The standard InChI is InChI=1S/C14H25N3O4/c1-4-15-14(20)16-12(18)10(3)17-8-6-7-11(9-17)13(19)21-5-2/h10-11H,4-9H2,1-3H3,(H2,15,16,18,20)/t10-,11-/m1/s1. The molecule has 0 spiro atoms. The van der Waals surface area contributed by atoms with Crippen molar-refractivity contribution >= 4 is 17.9 Å². The summed E-state index contributed by atoms with van der Waals surface area (Å²) in [5.41, 5.74) is 0. The SMILES string of the molecule is CCNC(=O)NC(=O)[C@@H](C)N1CCC[C@@H](C(=O)OCC)C1. The second kappa shape index (κ2) is 8.61. The Balaban J connectivity index is 2.53. The summed E-state index contributed by atoms with van der Waals surface area (Å²) in [4.78, 5) is 37.1. The third kappa shape index (κ3) is 5.34. The summed E-state index contributed by atoms with van der Waals surface area (Å²) in [7, 11) is 0. The summed E-state index contributed by atoms with van der Waals surface area (Å²) in [6, 6.07) is -0.946. The van der Waals surface area contributed by atoms with Crippen molar-refractivity contribution in [1.82, 2.24) is 15.5 Å². The lowest BCUT2D eigenvalue weighted by Gasteiger charge is -2.34. The van der Waals surface area contributed by atoms with Crippen molar-refractivity contribution in [3.8, 4) is 0 Å². The third-order valence-electron chi connectivity index (χ3n) is 3.57. The minimum absolute atomic E-state index is 0.196. The van der Waals surface area contributed by atoms with Crippen LogP contribution in [0.15, 0.2) is 0 Å². The zero-order valence-corrected chi connectivity index (χ0v) is 13.0. The van der Waals surface area contributed by atoms with E-state index in [0.717, 1.165) is 19.4 Å². The zero-order chi connectivity index (χ0) is 15.8. The summed E-state index contributed by atoms with van der Waals surface area (Å²) in [5, 5.41) is 4.81. The Labute approximate surface area is 125 Å². The minimum Gasteiger partial charge on any atom is -0.466 e. The van der Waals surface area contributed by atoms with Gasteiger partial charge in [-0.25, -0.2) is 4.79 Å². The van der Waals surface area contributed by atoms with Crippen LogP contribution < -0.4 is 10.6 Å². The number of imide groups is 1. The second-order valence-electron chi connectivity index (χ2n) is 5.11. The number of carbonyl (C=O) groups is 3. The highest BCUT2D eigenvalue weighted by atomic mass is 16.5. The molecule has 1 aliphatic heterocycles. The maximum atomic E-state index is 12.0. The first-order valence-corrected chi connectivity index (χ1v) is 7.48. The van der Waals surface area contributed by atoms with Gasteiger partial charge in [0.25, 0.3) is 0 Å². The molecule has 7 heteroatoms. The van der Waals surface area contributed by atoms with Crippen molar-refractivity contribution in [3.05, 3.63) is 0 Å². The Morgan fingerprint density at radius 1 is 1.33 bits per heavy atom. The molecule has 2 atom stereocenters. The van der Waals surface area contributed by atoms with Crippen molar-refractivity contribution in [2.24, 2.45) is 5.92 Å². The van der Waals surface area contributed by atoms with Crippen molar-refractivity contribution in [2.75, 3.05) is 26.2 Å². The van der Waals surface area contributed by atoms with Gasteiger partial charge in [0.05, 0.1) is 18.6 Å². The van der Waals surface area contributed by atoms with E-state index in [9.17, 15) is 14.4 Å². The number of hydrogen-bond donors (Lipinski definition) is 2. The zero-order valence-electron chi connectivity index (χ0n) is 13.0. The van der Waals surface area contributed by atoms with Gasteiger partial charge in [0.15, 0.2) is 0 Å². The second-order valence-corrected chi connectivity index (χ2v) is 5.11. The lowest BCUT2D eigenvalue weighted by Crippen LogP contribution is -2.52. The number of ether oxygens (including phenoxy) is 1. The van der Waals surface area contributed by atoms with E-state index in [4.69, 9.17) is 4.74 Å². The third-order valence-corrected chi connectivity index (χ3v) is 3.57. The van der Waals surface area contributed by atoms with E-state index < -0.39 is 12.1 Å². The van der Waals surface area contributed by atoms with Crippen LogP contribution in [0.2, 0.25) is 0 Å². The monoisotopic (exact) mass is 299 g/mol. The number of carbonyl (C=O) groups excluding carboxylic acids is 3. The van der Waals surface area contributed by atoms with Crippen LogP contribution in [0, 0.1) is 5.92 Å². The molecule has 1 rings (SSSR count). The molecule has 3 amide bonds. The number of likely N-dealkylation sites (tertiary alicyclic amines) is 1. The van der Waals surface area contributed by atoms with Gasteiger partial charge in [0.1, 0.15) is 0 Å². The van der Waals surface area contributed by atoms with Gasteiger partial charge in [-0.3, -0.25) is 19.8 Å². The smallest absolute Gasteiger partial charge is 0.321 e. The molecule has 1 aliphatic rings. The molecule has 0 unspecified atom stereocenters. The van der Waals surface area contributed by atoms with Crippen LogP contribution in [0.4, 0.5) is 4.79 Å². The molecule has 120 valence electrons. The summed E-state index contributed by atoms with van der Waals surface area (Å²) in [6.45, 7) is 7.35. The fraction of sp³-hybridized carbons (Fsp3) is 0.786. The van der Waals surface area contributed by atoms with Crippen LogP contribution >= 0.6 is 0 Å². The van der Waals surface area contributed by atoms with Crippen LogP contribution in [-0.4, -0.2) is 55.1 Å². The van der Waals surface area contributed by atoms with Gasteiger partial charge in [0.2, 0.25) is 5.91 Å². The molecular formula is C14H25N3O4. The summed E-state index contributed by atoms with van der Waals surface area (Å²) in [5.74, 6) is -0.762. The number of amides is 3. The van der Waals surface area contributed by atoms with Gasteiger partial charge in [-0.05, 0) is 40.2 Å². The van der Waals surface area contributed by atoms with E-state index >= 15 is 0 Å². The molecule has 0 bridgehead atoms. The Morgan fingerprint density at radius 3 is 2.67 bits per heavy atom. The summed E-state index contributed by atoms with van der Waals surface area (Å²) < 4.78 is 5.04. The Morgan fingerprint density at radius 2 is 2.05 bits per heavy atom. The van der Waals surface area contributed by atoms with Gasteiger partial charge in [-0.1, -0.05) is 0 Å². The molecule has 0 aromatic heterocycles. The van der Waals surface area contributed by atoms with Gasteiger partial charge in [-0.2, -0.15) is 0 Å². The quantitative estimate of drug-likeness (QED) is 0.722. The lowest BCUT2D eigenvalue weighted by molar-refractivity contribution is -0.151. The Kier molecular flexibility index (Phi) is 7.14. The van der Waals surface area contributed by atoms with Crippen LogP contribution in [0.5, 0.6) is 0 Å². The van der Waals surface area contributed by atoms with E-state index in [1.54, 1.807) is 20.8 Å². The predicted molar refractivity (Wildman–Crippen MR) is 77.6 cm³/mol. The lowest BCUT2D eigenvalue weighted by atomic mass is 9.97. The average molecular weight is 299 g/mol. The average Bonchev–Trinajstić information content (AvgIpc) is 2.47. The van der Waals surface area contributed by atoms with Crippen molar-refractivity contribution in [3.63, 3.8) is 0 Å². The molecule has 1 saturated heterocycles. The number of rotatable bonds is 5. The first-order chi connectivity index (χ1) is 9.99. The van der Waals surface area contributed by atoms with Crippen LogP contribution in [0.25, 0.3) is 0 Å². The molecule has 0 aliphatic carbocycles. The van der Waals surface area contributed by atoms with Gasteiger partial charge >= 0.3 is 12.0 Å². The van der Waals surface area contributed by atoms with E-state index in [1.807, 2.05) is 4.90 Å². The van der Waals surface area contributed by atoms with E-state index in [2.05, 4.69) is 10.6 Å². The molecule has 1 heterocycles. The molecule has 0 saturated carbocycles. The van der Waals surface area contributed by atoms with Crippen molar-refractivity contribution in [1.29, 1.82) is 0 Å². The molecule has 2 N–H and O–H groups in total. The number of piperidine rings is 1. The number of hydrogen-bond acceptors (Lipinski definition) is 5. The fourth-order valence-corrected chi connectivity index (χ4v) is 2.40. The number of nitrogens with one attached hydrogen (secondary N) is 2. The first-order valence-electron chi connectivity index (χ1n) is 7.48. The van der Waals surface area contributed by atoms with E-state index in [-0.39, 0.29) is 17.8 Å². The molecule has 1 fully saturated rings. The Hall–Kier alpha value is -1.63. The molecule has 0 aromatic rings. The molecule has 21 heavy (non-hydrogen) atoms. The highest BCUT2D eigenvalue weighted by Gasteiger charge is 2.31. The normalized spacial score (nSPS) is 20.4. The summed E-state index contributed by atoms with van der Waals surface area (Å²) >= 11 is 0. The first kappa shape index (κ1) is 17.4. The molecule has 0 aromatic carbocycles. The molecule has 7 nitrogen and oxygen atoms in total. The van der Waals surface area contributed by atoms with E-state index in [0.29, 0.717) is 19.7 Å². The summed E-state index contributed by atoms with van der Waals surface area (Å²) in [6.07, 6.45) is 1.61. The van der Waals surface area contributed by atoms with Crippen LogP contribution in [-0.2, 0) is 14.3 Å². The highest BCUT2D eigenvalue weighted by molar-refractivity contribution is 5.96. The fourth-order valence-electron chi connectivity index (χ4n) is 2.40.